The minimum Gasteiger partial charge on any atom is -0.480 e. The van der Waals surface area contributed by atoms with E-state index in [0.717, 1.165) is 0 Å². The van der Waals surface area contributed by atoms with Crippen molar-refractivity contribution in [2.24, 2.45) is 23.5 Å². The van der Waals surface area contributed by atoms with Crippen LogP contribution in [-0.2, 0) is 19.0 Å². The molecule has 12 heteroatoms. The van der Waals surface area contributed by atoms with E-state index in [0.29, 0.717) is 5.56 Å². The van der Waals surface area contributed by atoms with Gasteiger partial charge in [-0.2, -0.15) is 0 Å². The van der Waals surface area contributed by atoms with Crippen molar-refractivity contribution in [1.29, 1.82) is 0 Å². The third kappa shape index (κ3) is 10.7. The molecule has 12 nitrogen and oxygen atoms in total. The van der Waals surface area contributed by atoms with E-state index in [-0.39, 0.29) is 29.1 Å². The third-order valence-corrected chi connectivity index (χ3v) is 7.39. The van der Waals surface area contributed by atoms with Crippen molar-refractivity contribution in [2.75, 3.05) is 0 Å². The third-order valence-electron chi connectivity index (χ3n) is 7.39. The van der Waals surface area contributed by atoms with Gasteiger partial charge in [0.15, 0.2) is 11.5 Å². The fourth-order valence-electron chi connectivity index (χ4n) is 3.85. The van der Waals surface area contributed by atoms with E-state index in [1.165, 1.54) is 18.2 Å². The van der Waals surface area contributed by atoms with Crippen molar-refractivity contribution in [3.05, 3.63) is 54.1 Å². The first-order chi connectivity index (χ1) is 20.6. The minimum atomic E-state index is -1.47. The second-order valence-electron chi connectivity index (χ2n) is 11.3. The first kappa shape index (κ1) is 35.9. The molecular formula is C32H43NO11. The van der Waals surface area contributed by atoms with Crippen LogP contribution < -0.4 is 19.9 Å². The van der Waals surface area contributed by atoms with Gasteiger partial charge in [-0.25, -0.2) is 14.4 Å². The average molecular weight is 618 g/mol. The molecular weight excluding hydrogens is 574 g/mol. The summed E-state index contributed by atoms with van der Waals surface area (Å²) in [5, 5.41) is 9.84. The van der Waals surface area contributed by atoms with E-state index in [1.807, 2.05) is 27.7 Å². The highest BCUT2D eigenvalue weighted by Crippen LogP contribution is 2.37. The molecule has 2 aromatic carbocycles. The topological polar surface area (TPSA) is 170 Å². The Labute approximate surface area is 257 Å². The lowest BCUT2D eigenvalue weighted by Crippen LogP contribution is -2.43. The maximum absolute atomic E-state index is 12.7. The van der Waals surface area contributed by atoms with Crippen molar-refractivity contribution < 1.29 is 52.7 Å². The van der Waals surface area contributed by atoms with Crippen molar-refractivity contribution in [3.63, 3.8) is 0 Å². The normalized spacial score (nSPS) is 15.2. The molecule has 0 aliphatic rings. The molecule has 2 aromatic rings. The molecule has 0 heterocycles. The van der Waals surface area contributed by atoms with Gasteiger partial charge in [0.2, 0.25) is 0 Å². The van der Waals surface area contributed by atoms with Gasteiger partial charge in [0.05, 0.1) is 0 Å². The number of benzene rings is 2. The number of aliphatic carboxylic acids is 1. The zero-order chi connectivity index (χ0) is 33.1. The van der Waals surface area contributed by atoms with Gasteiger partial charge < -0.3 is 39.3 Å². The number of hydrogen-bond donors (Lipinski definition) is 2. The second-order valence-corrected chi connectivity index (χ2v) is 11.3. The predicted octanol–water partition coefficient (Wildman–Crippen LogP) is 6.54. The fourth-order valence-corrected chi connectivity index (χ4v) is 3.85. The van der Waals surface area contributed by atoms with Gasteiger partial charge in [0, 0.05) is 11.8 Å². The summed E-state index contributed by atoms with van der Waals surface area (Å²) in [7, 11) is 0. The summed E-state index contributed by atoms with van der Waals surface area (Å²) < 4.78 is 32.0. The van der Waals surface area contributed by atoms with Gasteiger partial charge in [0.1, 0.15) is 30.1 Å². The standard InChI is InChI=1S/C32H43NO11/c1-17(2)20(6)39-31(37)43-25-15-14-23(16-26(25)44-32(38)40-21(7)18(3)4)27(28(33)29(34)35)19(5)22(8)41-30(36)42-24-12-10-9-11-13-24/h9-22,27-28H,33H2,1-8H3,(H,34,35)/t19?,20?,21?,22?,27?,28-/m0/s1. The summed E-state index contributed by atoms with van der Waals surface area (Å²) in [6.45, 7) is 14.1. The molecule has 0 radical (unpaired) electrons. The highest BCUT2D eigenvalue weighted by Gasteiger charge is 2.36. The molecule has 6 atom stereocenters. The zero-order valence-corrected chi connectivity index (χ0v) is 26.3. The van der Waals surface area contributed by atoms with E-state index < -0.39 is 60.6 Å². The summed E-state index contributed by atoms with van der Waals surface area (Å²) in [5.41, 5.74) is 6.43. The summed E-state index contributed by atoms with van der Waals surface area (Å²) in [5.74, 6) is -3.10. The van der Waals surface area contributed by atoms with Crippen molar-refractivity contribution >= 4 is 24.4 Å². The number of ether oxygens (including phenoxy) is 6. The van der Waals surface area contributed by atoms with Crippen LogP contribution in [0.2, 0.25) is 0 Å². The van der Waals surface area contributed by atoms with Crippen LogP contribution in [0.15, 0.2) is 48.5 Å². The number of nitrogens with two attached hydrogens (primary N) is 1. The van der Waals surface area contributed by atoms with Crippen LogP contribution >= 0.6 is 0 Å². The molecule has 2 rings (SSSR count). The van der Waals surface area contributed by atoms with E-state index in [4.69, 9.17) is 34.2 Å². The van der Waals surface area contributed by atoms with Crippen molar-refractivity contribution in [1.82, 2.24) is 0 Å². The van der Waals surface area contributed by atoms with Crippen molar-refractivity contribution in [2.45, 2.75) is 85.7 Å². The molecule has 44 heavy (non-hydrogen) atoms. The maximum Gasteiger partial charge on any atom is 0.514 e. The first-order valence-corrected chi connectivity index (χ1v) is 14.4. The van der Waals surface area contributed by atoms with Gasteiger partial charge in [-0.15, -0.1) is 0 Å². The van der Waals surface area contributed by atoms with Gasteiger partial charge >= 0.3 is 24.4 Å². The van der Waals surface area contributed by atoms with Crippen LogP contribution in [0.5, 0.6) is 17.2 Å². The quantitative estimate of drug-likeness (QED) is 0.141. The molecule has 0 aromatic heterocycles. The van der Waals surface area contributed by atoms with Crippen LogP contribution in [0.1, 0.15) is 66.9 Å². The lowest BCUT2D eigenvalue weighted by molar-refractivity contribution is -0.139. The van der Waals surface area contributed by atoms with Crippen LogP contribution in [-0.4, -0.2) is 53.9 Å². The van der Waals surface area contributed by atoms with Gasteiger partial charge in [-0.3, -0.25) is 4.79 Å². The Balaban J connectivity index is 2.42. The molecule has 0 fully saturated rings. The smallest absolute Gasteiger partial charge is 0.480 e. The minimum absolute atomic E-state index is 0.00836. The van der Waals surface area contributed by atoms with E-state index >= 15 is 0 Å². The van der Waals surface area contributed by atoms with Gasteiger partial charge in [-0.1, -0.05) is 58.9 Å². The maximum atomic E-state index is 12.7. The molecule has 5 unspecified atom stereocenters. The number of carbonyl (C=O) groups excluding carboxylic acids is 3. The highest BCUT2D eigenvalue weighted by molar-refractivity contribution is 5.75. The molecule has 0 saturated carbocycles. The fraction of sp³-hybridized carbons (Fsp3) is 0.500. The summed E-state index contributed by atoms with van der Waals surface area (Å²) in [6, 6.07) is 11.0. The largest absolute Gasteiger partial charge is 0.514 e. The monoisotopic (exact) mass is 617 g/mol. The second kappa shape index (κ2) is 16.5. The molecule has 0 aliphatic heterocycles. The Hall–Kier alpha value is -4.32. The van der Waals surface area contributed by atoms with Crippen LogP contribution in [0.3, 0.4) is 0 Å². The number of carbonyl (C=O) groups is 4. The Morgan fingerprint density at radius 2 is 1.11 bits per heavy atom. The van der Waals surface area contributed by atoms with Crippen LogP contribution in [0, 0.1) is 17.8 Å². The lowest BCUT2D eigenvalue weighted by Gasteiger charge is -2.31. The average Bonchev–Trinajstić information content (AvgIpc) is 2.94. The van der Waals surface area contributed by atoms with Crippen LogP contribution in [0.25, 0.3) is 0 Å². The van der Waals surface area contributed by atoms with E-state index in [2.05, 4.69) is 0 Å². The number of para-hydroxylation sites is 1. The number of hydrogen-bond acceptors (Lipinski definition) is 11. The summed E-state index contributed by atoms with van der Waals surface area (Å²) in [4.78, 5) is 49.7. The highest BCUT2D eigenvalue weighted by atomic mass is 16.8. The van der Waals surface area contributed by atoms with E-state index in [9.17, 15) is 24.3 Å². The molecule has 0 bridgehead atoms. The molecule has 0 aliphatic carbocycles. The Morgan fingerprint density at radius 3 is 1.61 bits per heavy atom. The van der Waals surface area contributed by atoms with Crippen molar-refractivity contribution in [3.8, 4) is 17.2 Å². The molecule has 0 amide bonds. The summed E-state index contributed by atoms with van der Waals surface area (Å²) in [6.07, 6.45) is -4.90. The first-order valence-electron chi connectivity index (χ1n) is 14.4. The molecule has 0 spiro atoms. The molecule has 242 valence electrons. The molecule has 3 N–H and O–H groups in total. The Kier molecular flexibility index (Phi) is 13.5. The molecule has 0 saturated heterocycles. The number of carboxylic acid groups (broad SMARTS) is 1. The van der Waals surface area contributed by atoms with Crippen LogP contribution in [0.4, 0.5) is 14.4 Å². The number of carboxylic acids is 1. The SMILES string of the molecule is CC(C)C(C)OC(=O)Oc1ccc(C(C(C)C(C)OC(=O)Oc2ccccc2)[C@H](N)C(=O)O)cc1OC(=O)OC(C)C(C)C. The zero-order valence-electron chi connectivity index (χ0n) is 26.3. The van der Waals surface area contributed by atoms with Gasteiger partial charge in [-0.05, 0) is 62.4 Å². The number of rotatable bonds is 13. The Bertz CT molecular complexity index is 1260. The van der Waals surface area contributed by atoms with Gasteiger partial charge in [0.25, 0.3) is 0 Å². The summed E-state index contributed by atoms with van der Waals surface area (Å²) >= 11 is 0. The lowest BCUT2D eigenvalue weighted by atomic mass is 9.79. The predicted molar refractivity (Wildman–Crippen MR) is 160 cm³/mol. The van der Waals surface area contributed by atoms with E-state index in [1.54, 1.807) is 58.0 Å². The Morgan fingerprint density at radius 1 is 0.636 bits per heavy atom.